The minimum Gasteiger partial charge on any atom is -0.508 e. The predicted molar refractivity (Wildman–Crippen MR) is 80.2 cm³/mol. The summed E-state index contributed by atoms with van der Waals surface area (Å²) in [7, 11) is 3.11. The number of hydrogen-bond donors (Lipinski definition) is 1. The Morgan fingerprint density at radius 1 is 1.14 bits per heavy atom. The highest BCUT2D eigenvalue weighted by molar-refractivity contribution is 6.05. The predicted octanol–water partition coefficient (Wildman–Crippen LogP) is 2.77. The van der Waals surface area contributed by atoms with Crippen LogP contribution in [0.3, 0.4) is 0 Å². The maximum absolute atomic E-state index is 12.8. The number of rotatable bonds is 3. The van der Waals surface area contributed by atoms with Crippen molar-refractivity contribution in [2.75, 3.05) is 20.8 Å². The van der Waals surface area contributed by atoms with Gasteiger partial charge in [-0.25, -0.2) is 0 Å². The molecule has 0 saturated carbocycles. The molecule has 0 bridgehead atoms. The molecular weight excluding hydrogens is 284 g/mol. The molecule has 1 N–H and O–H groups in total. The zero-order valence-electron chi connectivity index (χ0n) is 12.3. The quantitative estimate of drug-likeness (QED) is 0.944. The van der Waals surface area contributed by atoms with Gasteiger partial charge >= 0.3 is 0 Å². The molecule has 3 rings (SSSR count). The standard InChI is InChI=1S/C17H16O5/c1-20-13-4-3-5-14(21-2)16(13)12-9-22-15-8-10(18)6-7-11(15)17(12)19/h3-8,12,18H,9H2,1-2H3. The van der Waals surface area contributed by atoms with Crippen LogP contribution in [0, 0.1) is 0 Å². The van der Waals surface area contributed by atoms with Crippen LogP contribution in [0.25, 0.3) is 0 Å². The van der Waals surface area contributed by atoms with Crippen LogP contribution in [0.2, 0.25) is 0 Å². The fraction of sp³-hybridized carbons (Fsp3) is 0.235. The smallest absolute Gasteiger partial charge is 0.177 e. The van der Waals surface area contributed by atoms with Crippen LogP contribution < -0.4 is 14.2 Å². The van der Waals surface area contributed by atoms with Crippen molar-refractivity contribution < 1.29 is 24.1 Å². The van der Waals surface area contributed by atoms with Crippen molar-refractivity contribution >= 4 is 5.78 Å². The number of phenolic OH excluding ortho intramolecular Hbond substituents is 1. The van der Waals surface area contributed by atoms with E-state index < -0.39 is 5.92 Å². The van der Waals surface area contributed by atoms with Crippen molar-refractivity contribution in [2.24, 2.45) is 0 Å². The molecule has 0 aliphatic carbocycles. The highest BCUT2D eigenvalue weighted by Crippen LogP contribution is 2.41. The minimum absolute atomic E-state index is 0.0693. The second-order valence-electron chi connectivity index (χ2n) is 4.98. The molecule has 114 valence electrons. The van der Waals surface area contributed by atoms with Crippen molar-refractivity contribution in [3.8, 4) is 23.0 Å². The van der Waals surface area contributed by atoms with E-state index in [4.69, 9.17) is 14.2 Å². The fourth-order valence-corrected chi connectivity index (χ4v) is 2.71. The first-order valence-corrected chi connectivity index (χ1v) is 6.86. The first-order chi connectivity index (χ1) is 10.7. The largest absolute Gasteiger partial charge is 0.508 e. The SMILES string of the molecule is COc1cccc(OC)c1C1COc2cc(O)ccc2C1=O. The fourth-order valence-electron chi connectivity index (χ4n) is 2.71. The maximum atomic E-state index is 12.8. The number of benzene rings is 2. The molecule has 0 saturated heterocycles. The van der Waals surface area contributed by atoms with E-state index in [0.29, 0.717) is 28.4 Å². The number of phenols is 1. The lowest BCUT2D eigenvalue weighted by molar-refractivity contribution is 0.0892. The van der Waals surface area contributed by atoms with Crippen LogP contribution in [0.5, 0.6) is 23.0 Å². The number of carbonyl (C=O) groups is 1. The third-order valence-corrected chi connectivity index (χ3v) is 3.77. The average Bonchev–Trinajstić information content (AvgIpc) is 2.54. The first kappa shape index (κ1) is 14.3. The van der Waals surface area contributed by atoms with Gasteiger partial charge in [-0.3, -0.25) is 4.79 Å². The summed E-state index contributed by atoms with van der Waals surface area (Å²) in [6.07, 6.45) is 0. The zero-order valence-corrected chi connectivity index (χ0v) is 12.3. The Balaban J connectivity index is 2.08. The second-order valence-corrected chi connectivity index (χ2v) is 4.98. The topological polar surface area (TPSA) is 65.0 Å². The molecule has 5 heteroatoms. The third-order valence-electron chi connectivity index (χ3n) is 3.77. The molecular formula is C17H16O5. The highest BCUT2D eigenvalue weighted by Gasteiger charge is 2.34. The first-order valence-electron chi connectivity index (χ1n) is 6.86. The normalized spacial score (nSPS) is 16.6. The highest BCUT2D eigenvalue weighted by atomic mass is 16.5. The number of aromatic hydroxyl groups is 1. The number of methoxy groups -OCH3 is 2. The molecule has 22 heavy (non-hydrogen) atoms. The number of carbonyl (C=O) groups excluding carboxylic acids is 1. The van der Waals surface area contributed by atoms with E-state index in [2.05, 4.69) is 0 Å². The van der Waals surface area contributed by atoms with Crippen LogP contribution in [0.15, 0.2) is 36.4 Å². The number of hydrogen-bond acceptors (Lipinski definition) is 5. The van der Waals surface area contributed by atoms with Crippen molar-refractivity contribution in [3.63, 3.8) is 0 Å². The van der Waals surface area contributed by atoms with E-state index in [1.807, 2.05) is 0 Å². The second kappa shape index (κ2) is 5.60. The Kier molecular flexibility index (Phi) is 3.63. The van der Waals surface area contributed by atoms with Gasteiger partial charge < -0.3 is 19.3 Å². The summed E-state index contributed by atoms with van der Waals surface area (Å²) in [5.41, 5.74) is 1.12. The molecule has 1 atom stereocenters. The van der Waals surface area contributed by atoms with E-state index in [0.717, 1.165) is 0 Å². The number of ether oxygens (including phenoxy) is 3. The summed E-state index contributed by atoms with van der Waals surface area (Å²) in [6, 6.07) is 9.88. The average molecular weight is 300 g/mol. The molecule has 1 unspecified atom stereocenters. The van der Waals surface area contributed by atoms with Crippen LogP contribution in [0.4, 0.5) is 0 Å². The van der Waals surface area contributed by atoms with E-state index in [-0.39, 0.29) is 18.1 Å². The van der Waals surface area contributed by atoms with E-state index >= 15 is 0 Å². The Hall–Kier alpha value is -2.69. The summed E-state index contributed by atoms with van der Waals surface area (Å²) in [5.74, 6) is 1.05. The van der Waals surface area contributed by atoms with Crippen molar-refractivity contribution in [1.82, 2.24) is 0 Å². The minimum atomic E-state index is -0.511. The summed E-state index contributed by atoms with van der Waals surface area (Å²) in [6.45, 7) is 0.173. The van der Waals surface area contributed by atoms with Crippen molar-refractivity contribution in [1.29, 1.82) is 0 Å². The summed E-state index contributed by atoms with van der Waals surface area (Å²) >= 11 is 0. The van der Waals surface area contributed by atoms with Crippen molar-refractivity contribution in [2.45, 2.75) is 5.92 Å². The zero-order chi connectivity index (χ0) is 15.7. The molecule has 0 spiro atoms. The van der Waals surface area contributed by atoms with Gasteiger partial charge in [-0.15, -0.1) is 0 Å². The summed E-state index contributed by atoms with van der Waals surface area (Å²) < 4.78 is 16.4. The molecule has 0 amide bonds. The monoisotopic (exact) mass is 300 g/mol. The maximum Gasteiger partial charge on any atom is 0.177 e. The van der Waals surface area contributed by atoms with Gasteiger partial charge in [0.15, 0.2) is 5.78 Å². The lowest BCUT2D eigenvalue weighted by atomic mass is 9.87. The van der Waals surface area contributed by atoms with Gasteiger partial charge in [-0.2, -0.15) is 0 Å². The van der Waals surface area contributed by atoms with Gasteiger partial charge in [0, 0.05) is 6.07 Å². The Bertz CT molecular complexity index is 701. The molecule has 0 fully saturated rings. The molecule has 0 radical (unpaired) electrons. The molecule has 2 aromatic rings. The lowest BCUT2D eigenvalue weighted by Crippen LogP contribution is -2.26. The molecule has 1 aliphatic rings. The van der Waals surface area contributed by atoms with Crippen LogP contribution >= 0.6 is 0 Å². The van der Waals surface area contributed by atoms with Crippen molar-refractivity contribution in [3.05, 3.63) is 47.5 Å². The number of Topliss-reactive ketones (excluding diaryl/α,β-unsaturated/α-hetero) is 1. The van der Waals surface area contributed by atoms with Crippen LogP contribution in [-0.2, 0) is 0 Å². The molecule has 5 nitrogen and oxygen atoms in total. The summed E-state index contributed by atoms with van der Waals surface area (Å²) in [5, 5.41) is 9.49. The molecule has 1 aliphatic heterocycles. The number of fused-ring (bicyclic) bond motifs is 1. The van der Waals surface area contributed by atoms with Gasteiger partial charge in [0.1, 0.15) is 29.6 Å². The Morgan fingerprint density at radius 3 is 2.45 bits per heavy atom. The Morgan fingerprint density at radius 2 is 1.82 bits per heavy atom. The lowest BCUT2D eigenvalue weighted by Gasteiger charge is -2.26. The van der Waals surface area contributed by atoms with Gasteiger partial charge in [-0.05, 0) is 24.3 Å². The van der Waals surface area contributed by atoms with E-state index in [1.165, 1.54) is 12.1 Å². The van der Waals surface area contributed by atoms with E-state index in [1.54, 1.807) is 38.5 Å². The van der Waals surface area contributed by atoms with Crippen LogP contribution in [0.1, 0.15) is 21.8 Å². The van der Waals surface area contributed by atoms with Crippen LogP contribution in [-0.4, -0.2) is 31.7 Å². The molecule has 1 heterocycles. The Labute approximate surface area is 128 Å². The third kappa shape index (κ3) is 2.24. The van der Waals surface area contributed by atoms with Gasteiger partial charge in [0.05, 0.1) is 31.3 Å². The van der Waals surface area contributed by atoms with Gasteiger partial charge in [-0.1, -0.05) is 6.07 Å². The van der Waals surface area contributed by atoms with Gasteiger partial charge in [0.2, 0.25) is 0 Å². The van der Waals surface area contributed by atoms with E-state index in [9.17, 15) is 9.90 Å². The number of ketones is 1. The van der Waals surface area contributed by atoms with Gasteiger partial charge in [0.25, 0.3) is 0 Å². The molecule has 2 aromatic carbocycles. The summed E-state index contributed by atoms with van der Waals surface area (Å²) in [4.78, 5) is 12.8. The molecule has 0 aromatic heterocycles.